The van der Waals surface area contributed by atoms with Crippen LogP contribution in [0.3, 0.4) is 0 Å². The van der Waals surface area contributed by atoms with E-state index in [2.05, 4.69) is 11.4 Å². The Morgan fingerprint density at radius 2 is 2.10 bits per heavy atom. The molecule has 29 heavy (non-hydrogen) atoms. The maximum Gasteiger partial charge on any atom is 0.279 e. The van der Waals surface area contributed by atoms with Gasteiger partial charge in [-0.2, -0.15) is 5.26 Å². The van der Waals surface area contributed by atoms with Crippen LogP contribution in [0.15, 0.2) is 47.4 Å². The van der Waals surface area contributed by atoms with Crippen molar-refractivity contribution in [1.29, 1.82) is 5.26 Å². The summed E-state index contributed by atoms with van der Waals surface area (Å²) in [5.74, 6) is 1.88. The Morgan fingerprint density at radius 3 is 2.86 bits per heavy atom. The topological polar surface area (TPSA) is 75.8 Å². The van der Waals surface area contributed by atoms with Crippen LogP contribution in [0.4, 0.5) is 5.69 Å². The number of hydrogen-bond acceptors (Lipinski definition) is 5. The van der Waals surface area contributed by atoms with Crippen LogP contribution in [-0.2, 0) is 4.79 Å². The van der Waals surface area contributed by atoms with E-state index in [0.717, 1.165) is 47.0 Å². The molecule has 0 radical (unpaired) electrons. The van der Waals surface area contributed by atoms with E-state index in [4.69, 9.17) is 14.7 Å². The van der Waals surface area contributed by atoms with E-state index in [1.165, 1.54) is 16.7 Å². The first-order chi connectivity index (χ1) is 14.2. The molecule has 1 fully saturated rings. The number of rotatable bonds is 8. The summed E-state index contributed by atoms with van der Waals surface area (Å²) in [6.45, 7) is 1.33. The Morgan fingerprint density at radius 1 is 1.28 bits per heavy atom. The standard InChI is InChI=1S/C22H25N3O3S/c1-27-16-9-10-17(20(14-16)28-2)19-7-5-12-25(19)15-22(26)24-18-6-3-4-8-21(18)29-13-11-23/h3-4,6,8-10,14,19H,5,7,12-13,15H2,1-2H3,(H,24,26)/p+1/t19-/m1/s1. The van der Waals surface area contributed by atoms with E-state index in [-0.39, 0.29) is 11.9 Å². The van der Waals surface area contributed by atoms with Gasteiger partial charge in [-0.05, 0) is 24.3 Å². The number of nitriles is 1. The van der Waals surface area contributed by atoms with E-state index >= 15 is 0 Å². The highest BCUT2D eigenvalue weighted by Gasteiger charge is 2.33. The summed E-state index contributed by atoms with van der Waals surface area (Å²) in [4.78, 5) is 14.9. The molecular weight excluding hydrogens is 386 g/mol. The van der Waals surface area contributed by atoms with Crippen LogP contribution in [-0.4, -0.2) is 39.0 Å². The van der Waals surface area contributed by atoms with Gasteiger partial charge in [0.05, 0.1) is 43.8 Å². The minimum atomic E-state index is -0.0237. The number of carbonyl (C=O) groups excluding carboxylic acids is 1. The summed E-state index contributed by atoms with van der Waals surface area (Å²) in [7, 11) is 3.30. The van der Waals surface area contributed by atoms with Crippen LogP contribution >= 0.6 is 11.8 Å². The van der Waals surface area contributed by atoms with Crippen molar-refractivity contribution >= 4 is 23.4 Å². The predicted octanol–water partition coefficient (Wildman–Crippen LogP) is 2.68. The number of para-hydroxylation sites is 1. The lowest BCUT2D eigenvalue weighted by Gasteiger charge is -2.23. The molecule has 1 heterocycles. The fourth-order valence-electron chi connectivity index (χ4n) is 3.81. The number of anilines is 1. The highest BCUT2D eigenvalue weighted by Crippen LogP contribution is 2.31. The van der Waals surface area contributed by atoms with Crippen LogP contribution in [0.1, 0.15) is 24.4 Å². The van der Waals surface area contributed by atoms with E-state index in [1.54, 1.807) is 14.2 Å². The van der Waals surface area contributed by atoms with Gasteiger partial charge in [0, 0.05) is 23.8 Å². The SMILES string of the molecule is COc1ccc([C@H]2CCC[NH+]2CC(=O)Nc2ccccc2SCC#N)c(OC)c1. The van der Waals surface area contributed by atoms with Crippen molar-refractivity contribution < 1.29 is 19.2 Å². The number of nitrogens with zero attached hydrogens (tertiary/aromatic N) is 1. The van der Waals surface area contributed by atoms with Crippen LogP contribution in [0, 0.1) is 11.3 Å². The molecule has 152 valence electrons. The van der Waals surface area contributed by atoms with Gasteiger partial charge in [0.15, 0.2) is 6.54 Å². The fourth-order valence-corrected chi connectivity index (χ4v) is 4.48. The van der Waals surface area contributed by atoms with Crippen LogP contribution in [0.2, 0.25) is 0 Å². The summed E-state index contributed by atoms with van der Waals surface area (Å²) < 4.78 is 10.9. The zero-order valence-electron chi connectivity index (χ0n) is 16.7. The number of amides is 1. The molecule has 2 atom stereocenters. The summed E-state index contributed by atoms with van der Waals surface area (Å²) in [5.41, 5.74) is 1.87. The Kier molecular flexibility index (Phi) is 7.39. The van der Waals surface area contributed by atoms with Crippen molar-refractivity contribution in [2.75, 3.05) is 38.4 Å². The van der Waals surface area contributed by atoms with Gasteiger partial charge in [0.25, 0.3) is 5.91 Å². The van der Waals surface area contributed by atoms with Gasteiger partial charge < -0.3 is 19.7 Å². The molecule has 1 saturated heterocycles. The molecule has 1 unspecified atom stereocenters. The summed E-state index contributed by atoms with van der Waals surface area (Å²) in [6, 6.07) is 15.8. The second-order valence-electron chi connectivity index (χ2n) is 6.88. The number of thioether (sulfide) groups is 1. The van der Waals surface area contributed by atoms with E-state index in [9.17, 15) is 4.79 Å². The molecule has 1 aliphatic heterocycles. The van der Waals surface area contributed by atoms with Gasteiger partial charge in [-0.15, -0.1) is 11.8 Å². The molecule has 1 amide bonds. The van der Waals surface area contributed by atoms with E-state index in [1.807, 2.05) is 42.5 Å². The minimum Gasteiger partial charge on any atom is -0.497 e. The van der Waals surface area contributed by atoms with Gasteiger partial charge in [-0.3, -0.25) is 4.79 Å². The van der Waals surface area contributed by atoms with Crippen LogP contribution in [0.25, 0.3) is 0 Å². The number of carbonyl (C=O) groups is 1. The van der Waals surface area contributed by atoms with Crippen molar-refractivity contribution in [1.82, 2.24) is 0 Å². The lowest BCUT2D eigenvalue weighted by Crippen LogP contribution is -3.11. The molecule has 0 aliphatic carbocycles. The van der Waals surface area contributed by atoms with Crippen molar-refractivity contribution in [2.24, 2.45) is 0 Å². The summed E-state index contributed by atoms with van der Waals surface area (Å²) in [6.07, 6.45) is 2.08. The Hall–Kier alpha value is -2.69. The van der Waals surface area contributed by atoms with E-state index < -0.39 is 0 Å². The smallest absolute Gasteiger partial charge is 0.279 e. The molecule has 0 aromatic heterocycles. The second-order valence-corrected chi connectivity index (χ2v) is 7.90. The Bertz CT molecular complexity index is 897. The maximum absolute atomic E-state index is 12.8. The molecule has 2 aromatic carbocycles. The number of methoxy groups -OCH3 is 2. The van der Waals surface area contributed by atoms with Gasteiger partial charge in [-0.25, -0.2) is 0 Å². The third-order valence-corrected chi connectivity index (χ3v) is 6.08. The third kappa shape index (κ3) is 5.22. The molecule has 2 aromatic rings. The molecule has 0 bridgehead atoms. The normalized spacial score (nSPS) is 18.1. The van der Waals surface area contributed by atoms with Gasteiger partial charge in [0.1, 0.15) is 17.5 Å². The monoisotopic (exact) mass is 412 g/mol. The van der Waals surface area contributed by atoms with Crippen molar-refractivity contribution in [2.45, 2.75) is 23.8 Å². The summed E-state index contributed by atoms with van der Waals surface area (Å²) >= 11 is 1.43. The maximum atomic E-state index is 12.8. The molecule has 1 aliphatic rings. The molecule has 0 saturated carbocycles. The van der Waals surface area contributed by atoms with Crippen LogP contribution in [0.5, 0.6) is 11.5 Å². The first-order valence-corrected chi connectivity index (χ1v) is 10.6. The van der Waals surface area contributed by atoms with E-state index in [0.29, 0.717) is 12.3 Å². The quantitative estimate of drug-likeness (QED) is 0.652. The fraction of sp³-hybridized carbons (Fsp3) is 0.364. The van der Waals surface area contributed by atoms with Crippen molar-refractivity contribution in [3.05, 3.63) is 48.0 Å². The van der Waals surface area contributed by atoms with Crippen molar-refractivity contribution in [3.63, 3.8) is 0 Å². The number of hydrogen-bond donors (Lipinski definition) is 2. The third-order valence-electron chi connectivity index (χ3n) is 5.14. The lowest BCUT2D eigenvalue weighted by atomic mass is 10.0. The average molecular weight is 413 g/mol. The number of likely N-dealkylation sites (tertiary alicyclic amines) is 1. The zero-order chi connectivity index (χ0) is 20.6. The molecular formula is C22H26N3O3S+. The predicted molar refractivity (Wildman–Crippen MR) is 114 cm³/mol. The number of benzene rings is 2. The highest BCUT2D eigenvalue weighted by atomic mass is 32.2. The first-order valence-electron chi connectivity index (χ1n) is 9.61. The van der Waals surface area contributed by atoms with Gasteiger partial charge in [0.2, 0.25) is 0 Å². The highest BCUT2D eigenvalue weighted by molar-refractivity contribution is 7.99. The van der Waals surface area contributed by atoms with Gasteiger partial charge in [-0.1, -0.05) is 12.1 Å². The molecule has 3 rings (SSSR count). The number of quaternary nitrogens is 1. The molecule has 2 N–H and O–H groups in total. The number of nitrogens with one attached hydrogen (secondary N) is 2. The second kappa shape index (κ2) is 10.2. The Labute approximate surface area is 175 Å². The van der Waals surface area contributed by atoms with Crippen LogP contribution < -0.4 is 19.7 Å². The summed E-state index contributed by atoms with van der Waals surface area (Å²) in [5, 5.41) is 11.8. The average Bonchev–Trinajstić information content (AvgIpc) is 3.20. The minimum absolute atomic E-state index is 0.0237. The Balaban J connectivity index is 1.70. The molecule has 7 heteroatoms. The van der Waals surface area contributed by atoms with Crippen molar-refractivity contribution in [3.8, 4) is 17.6 Å². The number of ether oxygens (including phenoxy) is 2. The lowest BCUT2D eigenvalue weighted by molar-refractivity contribution is -0.910. The molecule has 6 nitrogen and oxygen atoms in total. The molecule has 0 spiro atoms. The van der Waals surface area contributed by atoms with Gasteiger partial charge >= 0.3 is 0 Å². The first kappa shape index (κ1) is 21.0. The zero-order valence-corrected chi connectivity index (χ0v) is 17.6. The largest absolute Gasteiger partial charge is 0.497 e.